The van der Waals surface area contributed by atoms with Crippen LogP contribution in [0.4, 0.5) is 0 Å². The molecule has 0 radical (unpaired) electrons. The maximum atomic E-state index is 8.48. The third kappa shape index (κ3) is 0.556. The SMILES string of the molecule is O/N=C1\CCn2cncc21. The molecule has 1 aromatic rings. The molecular weight excluding hydrogens is 130 g/mol. The van der Waals surface area contributed by atoms with E-state index < -0.39 is 0 Å². The van der Waals surface area contributed by atoms with Crippen molar-refractivity contribution in [1.82, 2.24) is 9.55 Å². The molecule has 0 saturated carbocycles. The van der Waals surface area contributed by atoms with E-state index in [0.717, 1.165) is 24.4 Å². The number of fused-ring (bicyclic) bond motifs is 1. The summed E-state index contributed by atoms with van der Waals surface area (Å²) in [7, 11) is 0. The van der Waals surface area contributed by atoms with Crippen molar-refractivity contribution in [3.8, 4) is 0 Å². The largest absolute Gasteiger partial charge is 0.411 e. The molecule has 0 saturated heterocycles. The van der Waals surface area contributed by atoms with E-state index in [4.69, 9.17) is 5.21 Å². The first-order valence-corrected chi connectivity index (χ1v) is 3.13. The molecule has 0 unspecified atom stereocenters. The lowest BCUT2D eigenvalue weighted by molar-refractivity contribution is 0.318. The van der Waals surface area contributed by atoms with Crippen molar-refractivity contribution in [2.75, 3.05) is 0 Å². The Morgan fingerprint density at radius 3 is 3.40 bits per heavy atom. The Balaban J connectivity index is 2.53. The van der Waals surface area contributed by atoms with Gasteiger partial charge in [-0.05, 0) is 0 Å². The maximum Gasteiger partial charge on any atom is 0.107 e. The van der Waals surface area contributed by atoms with Crippen LogP contribution >= 0.6 is 0 Å². The highest BCUT2D eigenvalue weighted by atomic mass is 16.4. The Labute approximate surface area is 57.8 Å². The van der Waals surface area contributed by atoms with E-state index in [2.05, 4.69) is 10.1 Å². The Morgan fingerprint density at radius 1 is 1.70 bits per heavy atom. The zero-order valence-electron chi connectivity index (χ0n) is 5.36. The Morgan fingerprint density at radius 2 is 2.60 bits per heavy atom. The minimum atomic E-state index is 0.734. The predicted molar refractivity (Wildman–Crippen MR) is 35.2 cm³/mol. The maximum absolute atomic E-state index is 8.48. The van der Waals surface area contributed by atoms with Crippen LogP contribution in [0.3, 0.4) is 0 Å². The van der Waals surface area contributed by atoms with Gasteiger partial charge in [0.15, 0.2) is 0 Å². The van der Waals surface area contributed by atoms with Crippen LogP contribution < -0.4 is 0 Å². The minimum absolute atomic E-state index is 0.734. The van der Waals surface area contributed by atoms with Crippen LogP contribution in [-0.4, -0.2) is 20.5 Å². The Hall–Kier alpha value is -1.32. The van der Waals surface area contributed by atoms with Crippen LogP contribution in [0.15, 0.2) is 17.7 Å². The lowest BCUT2D eigenvalue weighted by Crippen LogP contribution is -1.92. The summed E-state index contributed by atoms with van der Waals surface area (Å²) in [5.41, 5.74) is 1.67. The third-order valence-electron chi connectivity index (χ3n) is 1.72. The van der Waals surface area contributed by atoms with Crippen molar-refractivity contribution in [2.45, 2.75) is 13.0 Å². The number of aromatic nitrogens is 2. The molecule has 1 aliphatic heterocycles. The normalized spacial score (nSPS) is 19.8. The molecule has 4 nitrogen and oxygen atoms in total. The van der Waals surface area contributed by atoms with Crippen molar-refractivity contribution in [2.24, 2.45) is 5.16 Å². The molecule has 4 heteroatoms. The van der Waals surface area contributed by atoms with Crippen molar-refractivity contribution in [1.29, 1.82) is 0 Å². The molecule has 0 amide bonds. The highest BCUT2D eigenvalue weighted by Gasteiger charge is 2.16. The van der Waals surface area contributed by atoms with Gasteiger partial charge in [0.2, 0.25) is 0 Å². The van der Waals surface area contributed by atoms with Gasteiger partial charge in [-0.2, -0.15) is 0 Å². The van der Waals surface area contributed by atoms with Crippen LogP contribution in [0.25, 0.3) is 0 Å². The number of rotatable bonds is 0. The van der Waals surface area contributed by atoms with E-state index in [-0.39, 0.29) is 0 Å². The van der Waals surface area contributed by atoms with Gasteiger partial charge in [0.25, 0.3) is 0 Å². The fraction of sp³-hybridized carbons (Fsp3) is 0.333. The zero-order chi connectivity index (χ0) is 6.97. The molecule has 52 valence electrons. The zero-order valence-corrected chi connectivity index (χ0v) is 5.36. The van der Waals surface area contributed by atoms with Gasteiger partial charge in [0.1, 0.15) is 5.71 Å². The lowest BCUT2D eigenvalue weighted by Gasteiger charge is -1.88. The summed E-state index contributed by atoms with van der Waals surface area (Å²) in [6.45, 7) is 0.884. The summed E-state index contributed by atoms with van der Waals surface area (Å²) in [5.74, 6) is 0. The van der Waals surface area contributed by atoms with Crippen molar-refractivity contribution in [3.05, 3.63) is 18.2 Å². The smallest absolute Gasteiger partial charge is 0.107 e. The summed E-state index contributed by atoms with van der Waals surface area (Å²) in [4.78, 5) is 3.91. The van der Waals surface area contributed by atoms with Gasteiger partial charge in [-0.25, -0.2) is 4.98 Å². The molecule has 0 aromatic carbocycles. The van der Waals surface area contributed by atoms with Crippen molar-refractivity contribution >= 4 is 5.71 Å². The summed E-state index contributed by atoms with van der Waals surface area (Å²) < 4.78 is 1.97. The fourth-order valence-corrected chi connectivity index (χ4v) is 1.19. The van der Waals surface area contributed by atoms with Gasteiger partial charge in [-0.1, -0.05) is 5.16 Å². The molecule has 0 spiro atoms. The van der Waals surface area contributed by atoms with E-state index in [9.17, 15) is 0 Å². The Kier molecular flexibility index (Phi) is 1.00. The van der Waals surface area contributed by atoms with Gasteiger partial charge in [0, 0.05) is 13.0 Å². The van der Waals surface area contributed by atoms with E-state index in [1.54, 1.807) is 12.5 Å². The van der Waals surface area contributed by atoms with E-state index in [1.165, 1.54) is 0 Å². The molecular formula is C6H7N3O. The average molecular weight is 137 g/mol. The van der Waals surface area contributed by atoms with Crippen LogP contribution in [-0.2, 0) is 6.54 Å². The molecule has 0 fully saturated rings. The van der Waals surface area contributed by atoms with Gasteiger partial charge in [-0.15, -0.1) is 0 Å². The summed E-state index contributed by atoms with van der Waals surface area (Å²) in [6, 6.07) is 0. The van der Waals surface area contributed by atoms with Crippen LogP contribution in [0.1, 0.15) is 12.1 Å². The van der Waals surface area contributed by atoms with Crippen molar-refractivity contribution in [3.63, 3.8) is 0 Å². The summed E-state index contributed by atoms with van der Waals surface area (Å²) in [5, 5.41) is 11.6. The second-order valence-electron chi connectivity index (χ2n) is 2.27. The quantitative estimate of drug-likeness (QED) is 0.417. The molecule has 1 N–H and O–H groups in total. The van der Waals surface area contributed by atoms with E-state index >= 15 is 0 Å². The van der Waals surface area contributed by atoms with Crippen LogP contribution in [0.5, 0.6) is 0 Å². The number of nitrogens with zero attached hydrogens (tertiary/aromatic N) is 3. The number of imidazole rings is 1. The average Bonchev–Trinajstić information content (AvgIpc) is 2.44. The van der Waals surface area contributed by atoms with Crippen LogP contribution in [0.2, 0.25) is 0 Å². The van der Waals surface area contributed by atoms with E-state index in [0.29, 0.717) is 0 Å². The molecule has 0 bridgehead atoms. The van der Waals surface area contributed by atoms with Crippen molar-refractivity contribution < 1.29 is 5.21 Å². The standard InChI is InChI=1S/C6H7N3O/c10-8-5-1-2-9-4-7-3-6(5)9/h3-4,10H,1-2H2/b8-5+. The Bertz CT molecular complexity index is 276. The molecule has 10 heavy (non-hydrogen) atoms. The molecule has 0 atom stereocenters. The monoisotopic (exact) mass is 137 g/mol. The second-order valence-corrected chi connectivity index (χ2v) is 2.27. The number of hydrogen-bond donors (Lipinski definition) is 1. The highest BCUT2D eigenvalue weighted by molar-refractivity contribution is 6.00. The van der Waals surface area contributed by atoms with Gasteiger partial charge >= 0.3 is 0 Å². The summed E-state index contributed by atoms with van der Waals surface area (Å²) >= 11 is 0. The molecule has 1 aliphatic rings. The van der Waals surface area contributed by atoms with Gasteiger partial charge in [-0.3, -0.25) is 0 Å². The highest BCUT2D eigenvalue weighted by Crippen LogP contribution is 2.13. The second kappa shape index (κ2) is 1.83. The number of aryl methyl sites for hydroxylation is 1. The van der Waals surface area contributed by atoms with Crippen LogP contribution in [0, 0.1) is 0 Å². The van der Waals surface area contributed by atoms with Gasteiger partial charge in [0.05, 0.1) is 18.2 Å². The fourth-order valence-electron chi connectivity index (χ4n) is 1.19. The first-order chi connectivity index (χ1) is 4.92. The first kappa shape index (κ1) is 5.46. The molecule has 1 aromatic heterocycles. The predicted octanol–water partition coefficient (Wildman–Crippen LogP) is 0.465. The number of hydrogen-bond acceptors (Lipinski definition) is 3. The minimum Gasteiger partial charge on any atom is -0.411 e. The topological polar surface area (TPSA) is 50.4 Å². The molecule has 0 aliphatic carbocycles. The summed E-state index contributed by atoms with van der Waals surface area (Å²) in [6.07, 6.45) is 4.27. The first-order valence-electron chi connectivity index (χ1n) is 3.13. The molecule has 2 heterocycles. The number of oxime groups is 1. The molecule has 2 rings (SSSR count). The van der Waals surface area contributed by atoms with E-state index in [1.807, 2.05) is 4.57 Å². The lowest BCUT2D eigenvalue weighted by atomic mass is 10.3. The third-order valence-corrected chi connectivity index (χ3v) is 1.72. The van der Waals surface area contributed by atoms with Gasteiger partial charge < -0.3 is 9.77 Å².